The summed E-state index contributed by atoms with van der Waals surface area (Å²) in [4.78, 5) is 20.7. The summed E-state index contributed by atoms with van der Waals surface area (Å²) in [7, 11) is 1.93. The Balaban J connectivity index is 2.02. The number of aromatic nitrogens is 2. The molecule has 2 rings (SSSR count). The van der Waals surface area contributed by atoms with Gasteiger partial charge in [-0.25, -0.2) is 9.78 Å². The number of anilines is 1. The van der Waals surface area contributed by atoms with E-state index in [1.807, 2.05) is 24.1 Å². The van der Waals surface area contributed by atoms with Crippen LogP contribution in [0.15, 0.2) is 42.9 Å². The van der Waals surface area contributed by atoms with Crippen molar-refractivity contribution in [1.82, 2.24) is 9.97 Å². The number of pyridine rings is 2. The zero-order valence-corrected chi connectivity index (χ0v) is 10.7. The largest absolute Gasteiger partial charge is 0.477 e. The van der Waals surface area contributed by atoms with Gasteiger partial charge in [0.2, 0.25) is 0 Å². The third-order valence-corrected chi connectivity index (χ3v) is 2.89. The standard InChI is InChI=1S/C14H15N3O2/c1-17(9-5-11-2-6-15-7-3-11)12-4-8-16-13(10-12)14(18)19/h2-4,6-8,10H,5,9H2,1H3,(H,18,19). The fraction of sp³-hybridized carbons (Fsp3) is 0.214. The third-order valence-electron chi connectivity index (χ3n) is 2.89. The Morgan fingerprint density at radius 2 is 2.00 bits per heavy atom. The van der Waals surface area contributed by atoms with Crippen molar-refractivity contribution in [2.24, 2.45) is 0 Å². The molecule has 0 fully saturated rings. The summed E-state index contributed by atoms with van der Waals surface area (Å²) in [5.74, 6) is -1.01. The van der Waals surface area contributed by atoms with Crippen LogP contribution in [0, 0.1) is 0 Å². The molecule has 19 heavy (non-hydrogen) atoms. The van der Waals surface area contributed by atoms with E-state index in [-0.39, 0.29) is 5.69 Å². The first-order chi connectivity index (χ1) is 9.16. The molecule has 5 heteroatoms. The van der Waals surface area contributed by atoms with E-state index in [1.54, 1.807) is 24.5 Å². The first-order valence-corrected chi connectivity index (χ1v) is 5.96. The molecule has 0 aliphatic carbocycles. The van der Waals surface area contributed by atoms with Crippen LogP contribution >= 0.6 is 0 Å². The maximum atomic E-state index is 10.9. The normalized spacial score (nSPS) is 10.2. The minimum atomic E-state index is -1.01. The van der Waals surface area contributed by atoms with E-state index in [1.165, 1.54) is 11.8 Å². The maximum absolute atomic E-state index is 10.9. The molecule has 0 unspecified atom stereocenters. The highest BCUT2D eigenvalue weighted by molar-refractivity contribution is 5.86. The highest BCUT2D eigenvalue weighted by Crippen LogP contribution is 2.13. The van der Waals surface area contributed by atoms with Crippen LogP contribution in [0.2, 0.25) is 0 Å². The molecule has 98 valence electrons. The van der Waals surface area contributed by atoms with Gasteiger partial charge in [0.1, 0.15) is 5.69 Å². The predicted octanol–water partition coefficient (Wildman–Crippen LogP) is 1.85. The van der Waals surface area contributed by atoms with Crippen LogP contribution in [-0.4, -0.2) is 34.6 Å². The fourth-order valence-corrected chi connectivity index (χ4v) is 1.75. The van der Waals surface area contributed by atoms with Gasteiger partial charge in [-0.3, -0.25) is 4.98 Å². The lowest BCUT2D eigenvalue weighted by Crippen LogP contribution is -2.20. The second-order valence-corrected chi connectivity index (χ2v) is 4.23. The number of hydrogen-bond donors (Lipinski definition) is 1. The minimum Gasteiger partial charge on any atom is -0.477 e. The van der Waals surface area contributed by atoms with Gasteiger partial charge in [-0.15, -0.1) is 0 Å². The van der Waals surface area contributed by atoms with Gasteiger partial charge in [0.05, 0.1) is 0 Å². The Morgan fingerprint density at radius 1 is 1.26 bits per heavy atom. The molecule has 2 aromatic heterocycles. The average Bonchev–Trinajstić information content (AvgIpc) is 2.46. The molecule has 0 radical (unpaired) electrons. The van der Waals surface area contributed by atoms with Crippen molar-refractivity contribution >= 4 is 11.7 Å². The van der Waals surface area contributed by atoms with Crippen LogP contribution in [0.3, 0.4) is 0 Å². The quantitative estimate of drug-likeness (QED) is 0.885. The lowest BCUT2D eigenvalue weighted by atomic mass is 10.2. The van der Waals surface area contributed by atoms with Crippen molar-refractivity contribution in [2.75, 3.05) is 18.5 Å². The maximum Gasteiger partial charge on any atom is 0.354 e. The zero-order valence-electron chi connectivity index (χ0n) is 10.7. The second kappa shape index (κ2) is 5.95. The molecule has 2 aromatic rings. The van der Waals surface area contributed by atoms with E-state index in [2.05, 4.69) is 9.97 Å². The molecule has 0 amide bonds. The van der Waals surface area contributed by atoms with Gasteiger partial charge in [-0.2, -0.15) is 0 Å². The summed E-state index contributed by atoms with van der Waals surface area (Å²) < 4.78 is 0. The molecule has 5 nitrogen and oxygen atoms in total. The van der Waals surface area contributed by atoms with E-state index in [9.17, 15) is 4.79 Å². The molecule has 0 aromatic carbocycles. The van der Waals surface area contributed by atoms with Crippen molar-refractivity contribution < 1.29 is 9.90 Å². The molecular formula is C14H15N3O2. The van der Waals surface area contributed by atoms with E-state index >= 15 is 0 Å². The number of carboxylic acids is 1. The summed E-state index contributed by atoms with van der Waals surface area (Å²) in [6, 6.07) is 7.33. The van der Waals surface area contributed by atoms with Crippen LogP contribution in [-0.2, 0) is 6.42 Å². The van der Waals surface area contributed by atoms with E-state index in [0.717, 1.165) is 18.7 Å². The lowest BCUT2D eigenvalue weighted by Gasteiger charge is -2.19. The molecule has 0 aliphatic rings. The third kappa shape index (κ3) is 3.51. The molecule has 2 heterocycles. The van der Waals surface area contributed by atoms with Gasteiger partial charge < -0.3 is 10.0 Å². The van der Waals surface area contributed by atoms with Gasteiger partial charge in [0.25, 0.3) is 0 Å². The van der Waals surface area contributed by atoms with Gasteiger partial charge in [-0.05, 0) is 36.2 Å². The second-order valence-electron chi connectivity index (χ2n) is 4.23. The molecule has 0 spiro atoms. The smallest absolute Gasteiger partial charge is 0.354 e. The summed E-state index contributed by atoms with van der Waals surface area (Å²) in [5.41, 5.74) is 2.11. The Kier molecular flexibility index (Phi) is 4.07. The Labute approximate surface area is 111 Å². The Hall–Kier alpha value is -2.43. The van der Waals surface area contributed by atoms with Crippen molar-refractivity contribution in [1.29, 1.82) is 0 Å². The summed E-state index contributed by atoms with van der Waals surface area (Å²) in [6.45, 7) is 0.799. The topological polar surface area (TPSA) is 66.3 Å². The number of carbonyl (C=O) groups is 1. The highest BCUT2D eigenvalue weighted by Gasteiger charge is 2.07. The fourth-order valence-electron chi connectivity index (χ4n) is 1.75. The number of aromatic carboxylic acids is 1. The van der Waals surface area contributed by atoms with Crippen molar-refractivity contribution in [3.05, 3.63) is 54.1 Å². The Bertz CT molecular complexity index is 558. The molecule has 0 saturated heterocycles. The van der Waals surface area contributed by atoms with Crippen LogP contribution in [0.5, 0.6) is 0 Å². The van der Waals surface area contributed by atoms with Crippen molar-refractivity contribution in [3.8, 4) is 0 Å². The molecular weight excluding hydrogens is 242 g/mol. The number of carboxylic acid groups (broad SMARTS) is 1. The Morgan fingerprint density at radius 3 is 2.68 bits per heavy atom. The van der Waals surface area contributed by atoms with Gasteiger partial charge >= 0.3 is 5.97 Å². The zero-order chi connectivity index (χ0) is 13.7. The van der Waals surface area contributed by atoms with Gasteiger partial charge in [0, 0.05) is 37.9 Å². The summed E-state index contributed by atoms with van der Waals surface area (Å²) >= 11 is 0. The first-order valence-electron chi connectivity index (χ1n) is 5.96. The van der Waals surface area contributed by atoms with Crippen LogP contribution in [0.25, 0.3) is 0 Å². The number of hydrogen-bond acceptors (Lipinski definition) is 4. The SMILES string of the molecule is CN(CCc1ccncc1)c1ccnc(C(=O)O)c1. The summed E-state index contributed by atoms with van der Waals surface area (Å²) in [5, 5.41) is 8.91. The van der Waals surface area contributed by atoms with Crippen molar-refractivity contribution in [3.63, 3.8) is 0 Å². The molecule has 0 saturated carbocycles. The molecule has 0 aliphatic heterocycles. The lowest BCUT2D eigenvalue weighted by molar-refractivity contribution is 0.0690. The highest BCUT2D eigenvalue weighted by atomic mass is 16.4. The minimum absolute atomic E-state index is 0.0632. The molecule has 0 atom stereocenters. The predicted molar refractivity (Wildman–Crippen MR) is 72.4 cm³/mol. The number of likely N-dealkylation sites (N-methyl/N-ethyl adjacent to an activating group) is 1. The number of rotatable bonds is 5. The monoisotopic (exact) mass is 257 g/mol. The number of nitrogens with zero attached hydrogens (tertiary/aromatic N) is 3. The van der Waals surface area contributed by atoms with E-state index in [4.69, 9.17) is 5.11 Å². The average molecular weight is 257 g/mol. The van der Waals surface area contributed by atoms with Gasteiger partial charge in [-0.1, -0.05) is 0 Å². The van der Waals surface area contributed by atoms with E-state index < -0.39 is 5.97 Å². The first kappa shape index (κ1) is 13.0. The van der Waals surface area contributed by atoms with Crippen LogP contribution < -0.4 is 4.90 Å². The van der Waals surface area contributed by atoms with Gasteiger partial charge in [0.15, 0.2) is 0 Å². The van der Waals surface area contributed by atoms with Crippen LogP contribution in [0.1, 0.15) is 16.1 Å². The molecule has 0 bridgehead atoms. The van der Waals surface area contributed by atoms with Crippen LogP contribution in [0.4, 0.5) is 5.69 Å². The molecule has 1 N–H and O–H groups in total. The van der Waals surface area contributed by atoms with Crippen molar-refractivity contribution in [2.45, 2.75) is 6.42 Å². The summed E-state index contributed by atoms with van der Waals surface area (Å²) in [6.07, 6.45) is 5.93. The van der Waals surface area contributed by atoms with E-state index in [0.29, 0.717) is 0 Å².